The highest BCUT2D eigenvalue weighted by Crippen LogP contribution is 2.63. The van der Waals surface area contributed by atoms with Gasteiger partial charge in [-0.15, -0.1) is 0 Å². The molecule has 4 aliphatic rings. The smallest absolute Gasteiger partial charge is 0.0199 e. The van der Waals surface area contributed by atoms with Gasteiger partial charge in [-0.1, -0.05) is 46.5 Å². The number of thiol groups is 2. The van der Waals surface area contributed by atoms with E-state index in [4.69, 9.17) is 25.3 Å². The molecule has 4 saturated carbocycles. The lowest BCUT2D eigenvalue weighted by Crippen LogP contribution is -2.51. The molecule has 0 bridgehead atoms. The minimum absolute atomic E-state index is 0.300. The summed E-state index contributed by atoms with van der Waals surface area (Å²) in [5.74, 6) is 7.53. The Hall–Kier alpha value is 0.700. The normalized spacial score (nSPS) is 45.2. The van der Waals surface area contributed by atoms with Crippen molar-refractivity contribution in [3.8, 4) is 0 Å². The Morgan fingerprint density at radius 1 is 0.857 bits per heavy atom. The van der Waals surface area contributed by atoms with Crippen molar-refractivity contribution < 1.29 is 0 Å². The van der Waals surface area contributed by atoms with Crippen molar-refractivity contribution in [2.24, 2.45) is 47.3 Å². The highest BCUT2D eigenvalue weighted by molar-refractivity contribution is 7.82. The summed E-state index contributed by atoms with van der Waals surface area (Å²) < 4.78 is 0.300. The molecule has 0 nitrogen and oxygen atoms in total. The van der Waals surface area contributed by atoms with Gasteiger partial charge in [-0.05, 0) is 105 Å². The van der Waals surface area contributed by atoms with Crippen LogP contribution in [0, 0.1) is 47.3 Å². The second kappa shape index (κ2) is 9.05. The van der Waals surface area contributed by atoms with Crippen LogP contribution in [0.4, 0.5) is 0 Å². The Balaban J connectivity index is 1.41. The van der Waals surface area contributed by atoms with Gasteiger partial charge in [-0.2, -0.15) is 25.3 Å². The first kappa shape index (κ1) is 21.9. The molecule has 0 heterocycles. The van der Waals surface area contributed by atoms with Gasteiger partial charge in [0.25, 0.3) is 0 Å². The predicted octanol–water partition coefficient (Wildman–Crippen LogP) is 8.07. The molecule has 0 aromatic carbocycles. The van der Waals surface area contributed by atoms with Crippen LogP contribution in [-0.2, 0) is 0 Å². The lowest BCUT2D eigenvalue weighted by molar-refractivity contribution is -0.0148. The zero-order chi connectivity index (χ0) is 19.9. The van der Waals surface area contributed by atoms with Crippen molar-refractivity contribution in [1.29, 1.82) is 0 Å². The average molecular weight is 423 g/mol. The lowest BCUT2D eigenvalue weighted by atomic mass is 9.53. The molecule has 162 valence electrons. The van der Waals surface area contributed by atoms with Gasteiger partial charge >= 0.3 is 0 Å². The maximum atomic E-state index is 5.54. The first-order valence-corrected chi connectivity index (χ1v) is 13.8. The van der Waals surface area contributed by atoms with E-state index in [1.165, 1.54) is 70.6 Å². The molecule has 0 amide bonds. The van der Waals surface area contributed by atoms with Crippen LogP contribution in [0.2, 0.25) is 0 Å². The molecule has 0 spiro atoms. The Morgan fingerprint density at radius 2 is 1.64 bits per heavy atom. The standard InChI is InChI=1S/C26H46S2/c1-4-18(17(2)3)10-14-25(27)24-13-12-23-22-11-9-19-7-5-6-8-20(19)21(22)15-16-26(23,24)28/h17-25,27-28H,4-16H2,1-3H3. The number of hydrogen-bond donors (Lipinski definition) is 2. The molecule has 9 unspecified atom stereocenters. The van der Waals surface area contributed by atoms with Crippen LogP contribution >= 0.6 is 25.3 Å². The molecule has 4 rings (SSSR count). The van der Waals surface area contributed by atoms with E-state index in [1.807, 2.05) is 0 Å². The number of hydrogen-bond acceptors (Lipinski definition) is 2. The van der Waals surface area contributed by atoms with E-state index < -0.39 is 0 Å². The SMILES string of the molecule is CCC(CCC(S)C1CCC2C3CCC4CCCCC4C3CCC12S)C(C)C. The topological polar surface area (TPSA) is 0 Å². The van der Waals surface area contributed by atoms with Crippen LogP contribution in [0.1, 0.15) is 104 Å². The van der Waals surface area contributed by atoms with Crippen LogP contribution in [0.3, 0.4) is 0 Å². The summed E-state index contributed by atoms with van der Waals surface area (Å²) in [7, 11) is 0. The summed E-state index contributed by atoms with van der Waals surface area (Å²) in [6, 6.07) is 0. The molecule has 0 saturated heterocycles. The van der Waals surface area contributed by atoms with Gasteiger partial charge in [0.05, 0.1) is 0 Å². The van der Waals surface area contributed by atoms with Gasteiger partial charge in [-0.25, -0.2) is 0 Å². The van der Waals surface area contributed by atoms with E-state index in [2.05, 4.69) is 20.8 Å². The van der Waals surface area contributed by atoms with Gasteiger partial charge in [0, 0.05) is 10.00 Å². The molecule has 2 heteroatoms. The fraction of sp³-hybridized carbons (Fsp3) is 1.00. The first-order chi connectivity index (χ1) is 13.5. The van der Waals surface area contributed by atoms with Gasteiger partial charge in [-0.3, -0.25) is 0 Å². The molecule has 0 radical (unpaired) electrons. The van der Waals surface area contributed by atoms with Crippen molar-refractivity contribution in [1.82, 2.24) is 0 Å². The number of rotatable bonds is 6. The maximum absolute atomic E-state index is 5.54. The van der Waals surface area contributed by atoms with Gasteiger partial charge in [0.2, 0.25) is 0 Å². The van der Waals surface area contributed by atoms with Gasteiger partial charge in [0.1, 0.15) is 0 Å². The fourth-order valence-electron chi connectivity index (χ4n) is 8.63. The first-order valence-electron chi connectivity index (χ1n) is 12.9. The zero-order valence-electron chi connectivity index (χ0n) is 18.8. The van der Waals surface area contributed by atoms with E-state index in [0.717, 1.165) is 47.3 Å². The van der Waals surface area contributed by atoms with Crippen LogP contribution in [0.25, 0.3) is 0 Å². The van der Waals surface area contributed by atoms with Crippen molar-refractivity contribution in [3.05, 3.63) is 0 Å². The van der Waals surface area contributed by atoms with E-state index in [-0.39, 0.29) is 0 Å². The Labute approximate surface area is 186 Å². The minimum Gasteiger partial charge on any atom is -0.176 e. The van der Waals surface area contributed by atoms with E-state index in [0.29, 0.717) is 10.00 Å². The molecule has 4 aliphatic carbocycles. The number of fused-ring (bicyclic) bond motifs is 5. The average Bonchev–Trinajstić information content (AvgIpc) is 3.05. The van der Waals surface area contributed by atoms with Crippen molar-refractivity contribution >= 4 is 25.3 Å². The molecule has 0 N–H and O–H groups in total. The van der Waals surface area contributed by atoms with Crippen molar-refractivity contribution in [3.63, 3.8) is 0 Å². The van der Waals surface area contributed by atoms with Crippen molar-refractivity contribution in [2.75, 3.05) is 0 Å². The second-order valence-electron chi connectivity index (χ2n) is 11.5. The molecular weight excluding hydrogens is 376 g/mol. The molecule has 0 aromatic rings. The largest absolute Gasteiger partial charge is 0.176 e. The predicted molar refractivity (Wildman–Crippen MR) is 129 cm³/mol. The molecule has 28 heavy (non-hydrogen) atoms. The van der Waals surface area contributed by atoms with E-state index in [9.17, 15) is 0 Å². The maximum Gasteiger partial charge on any atom is 0.0199 e. The van der Waals surface area contributed by atoms with Crippen LogP contribution in [0.15, 0.2) is 0 Å². The summed E-state index contributed by atoms with van der Waals surface area (Å²) >= 11 is 10.8. The summed E-state index contributed by atoms with van der Waals surface area (Å²) in [6.07, 6.45) is 18.9. The summed E-state index contributed by atoms with van der Waals surface area (Å²) in [4.78, 5) is 0. The van der Waals surface area contributed by atoms with Crippen LogP contribution in [-0.4, -0.2) is 10.00 Å². The monoisotopic (exact) mass is 422 g/mol. The highest BCUT2D eigenvalue weighted by atomic mass is 32.1. The molecule has 4 fully saturated rings. The molecular formula is C26H46S2. The lowest BCUT2D eigenvalue weighted by Gasteiger charge is -2.55. The Bertz CT molecular complexity index is 517. The van der Waals surface area contributed by atoms with E-state index >= 15 is 0 Å². The third-order valence-electron chi connectivity index (χ3n) is 10.2. The molecule has 0 aromatic heterocycles. The Morgan fingerprint density at radius 3 is 2.39 bits per heavy atom. The third kappa shape index (κ3) is 3.96. The van der Waals surface area contributed by atoms with Crippen LogP contribution in [0.5, 0.6) is 0 Å². The zero-order valence-corrected chi connectivity index (χ0v) is 20.6. The molecule has 9 atom stereocenters. The summed E-state index contributed by atoms with van der Waals surface area (Å²) in [5, 5.41) is 0.567. The van der Waals surface area contributed by atoms with Gasteiger partial charge in [0.15, 0.2) is 0 Å². The quantitative estimate of drug-likeness (QED) is 0.397. The highest BCUT2D eigenvalue weighted by Gasteiger charge is 2.58. The summed E-state index contributed by atoms with van der Waals surface area (Å²) in [5.41, 5.74) is 0. The van der Waals surface area contributed by atoms with Gasteiger partial charge < -0.3 is 0 Å². The summed E-state index contributed by atoms with van der Waals surface area (Å²) in [6.45, 7) is 7.17. The minimum atomic E-state index is 0.300. The fourth-order valence-corrected chi connectivity index (χ4v) is 10.1. The molecule has 0 aliphatic heterocycles. The Kier molecular flexibility index (Phi) is 7.09. The van der Waals surface area contributed by atoms with Crippen LogP contribution < -0.4 is 0 Å². The second-order valence-corrected chi connectivity index (χ2v) is 13.0. The van der Waals surface area contributed by atoms with Crippen molar-refractivity contribution in [2.45, 2.75) is 114 Å². The van der Waals surface area contributed by atoms with E-state index in [1.54, 1.807) is 12.8 Å². The third-order valence-corrected chi connectivity index (χ3v) is 11.7.